The van der Waals surface area contributed by atoms with Crippen molar-refractivity contribution in [3.05, 3.63) is 47.9 Å². The van der Waals surface area contributed by atoms with Crippen LogP contribution in [-0.4, -0.2) is 21.0 Å². The first-order valence-electron chi connectivity index (χ1n) is 5.01. The lowest BCUT2D eigenvalue weighted by Gasteiger charge is -2.05. The van der Waals surface area contributed by atoms with Crippen LogP contribution < -0.4 is 5.32 Å². The largest absolute Gasteiger partial charge is 0.505 e. The molecule has 1 amide bonds. The summed E-state index contributed by atoms with van der Waals surface area (Å²) < 4.78 is 0. The Kier molecular flexibility index (Phi) is 3.16. The zero-order valence-corrected chi connectivity index (χ0v) is 9.16. The van der Waals surface area contributed by atoms with Crippen LogP contribution in [0.2, 0.25) is 0 Å². The highest BCUT2D eigenvalue weighted by atomic mass is 16.3. The van der Waals surface area contributed by atoms with Gasteiger partial charge in [-0.15, -0.1) is 0 Å². The van der Waals surface area contributed by atoms with Gasteiger partial charge in [-0.25, -0.2) is 4.98 Å². The predicted octanol–water partition coefficient (Wildman–Crippen LogP) is 1.31. The number of pyridine rings is 2. The van der Waals surface area contributed by atoms with Crippen molar-refractivity contribution in [1.82, 2.24) is 9.97 Å². The van der Waals surface area contributed by atoms with Crippen LogP contribution in [0.15, 0.2) is 36.8 Å². The third kappa shape index (κ3) is 2.41. The number of nitrogens with zero attached hydrogens (tertiary/aromatic N) is 3. The fourth-order valence-corrected chi connectivity index (χ4v) is 1.30. The van der Waals surface area contributed by atoms with Crippen molar-refractivity contribution >= 4 is 11.7 Å². The van der Waals surface area contributed by atoms with Crippen LogP contribution in [0.1, 0.15) is 15.9 Å². The Morgan fingerprint density at radius 1 is 1.33 bits per heavy atom. The van der Waals surface area contributed by atoms with Crippen molar-refractivity contribution in [3.63, 3.8) is 0 Å². The minimum absolute atomic E-state index is 0.108. The fourth-order valence-electron chi connectivity index (χ4n) is 1.30. The van der Waals surface area contributed by atoms with Crippen molar-refractivity contribution in [1.29, 1.82) is 5.26 Å². The van der Waals surface area contributed by atoms with Gasteiger partial charge in [-0.05, 0) is 18.2 Å². The first-order chi connectivity index (χ1) is 8.70. The summed E-state index contributed by atoms with van der Waals surface area (Å²) in [5.74, 6) is -0.397. The smallest absolute Gasteiger partial charge is 0.260 e. The monoisotopic (exact) mass is 240 g/mol. The van der Waals surface area contributed by atoms with Gasteiger partial charge in [0.05, 0.1) is 17.3 Å². The Hall–Kier alpha value is -2.94. The van der Waals surface area contributed by atoms with E-state index in [9.17, 15) is 9.90 Å². The topological polar surface area (TPSA) is 98.9 Å². The van der Waals surface area contributed by atoms with E-state index in [1.807, 2.05) is 6.07 Å². The third-order valence-corrected chi connectivity index (χ3v) is 2.18. The van der Waals surface area contributed by atoms with Gasteiger partial charge in [0, 0.05) is 12.4 Å². The number of aromatic nitrogens is 2. The van der Waals surface area contributed by atoms with E-state index in [2.05, 4.69) is 15.3 Å². The maximum Gasteiger partial charge on any atom is 0.260 e. The average Bonchev–Trinajstić information content (AvgIpc) is 2.40. The summed E-state index contributed by atoms with van der Waals surface area (Å²) in [4.78, 5) is 19.4. The summed E-state index contributed by atoms with van der Waals surface area (Å²) in [7, 11) is 0. The summed E-state index contributed by atoms with van der Waals surface area (Å²) in [6.45, 7) is 0. The van der Waals surface area contributed by atoms with E-state index in [0.717, 1.165) is 0 Å². The Balaban J connectivity index is 2.17. The Bertz CT molecular complexity index is 617. The zero-order chi connectivity index (χ0) is 13.0. The molecule has 6 heteroatoms. The second-order valence-corrected chi connectivity index (χ2v) is 3.39. The molecule has 0 aliphatic rings. The zero-order valence-electron chi connectivity index (χ0n) is 9.16. The fraction of sp³-hybridized carbons (Fsp3) is 0. The van der Waals surface area contributed by atoms with Crippen LogP contribution in [0.3, 0.4) is 0 Å². The third-order valence-electron chi connectivity index (χ3n) is 2.18. The van der Waals surface area contributed by atoms with Gasteiger partial charge < -0.3 is 10.4 Å². The maximum absolute atomic E-state index is 11.8. The summed E-state index contributed by atoms with van der Waals surface area (Å²) >= 11 is 0. The average molecular weight is 240 g/mol. The van der Waals surface area contributed by atoms with Crippen LogP contribution in [0, 0.1) is 11.3 Å². The normalized spacial score (nSPS) is 9.50. The SMILES string of the molecule is N#Cc1ccc(NC(=O)c2ccncc2O)nc1. The van der Waals surface area contributed by atoms with Crippen LogP contribution in [0.25, 0.3) is 0 Å². The van der Waals surface area contributed by atoms with Crippen molar-refractivity contribution in [2.75, 3.05) is 5.32 Å². The van der Waals surface area contributed by atoms with Crippen LogP contribution in [0.5, 0.6) is 5.75 Å². The number of nitriles is 1. The number of amides is 1. The van der Waals surface area contributed by atoms with Gasteiger partial charge >= 0.3 is 0 Å². The van der Waals surface area contributed by atoms with Gasteiger partial charge in [0.2, 0.25) is 0 Å². The van der Waals surface area contributed by atoms with Crippen LogP contribution in [-0.2, 0) is 0 Å². The Morgan fingerprint density at radius 2 is 2.17 bits per heavy atom. The van der Waals surface area contributed by atoms with Gasteiger partial charge in [0.1, 0.15) is 17.6 Å². The number of carbonyl (C=O) groups excluding carboxylic acids is 1. The minimum Gasteiger partial charge on any atom is -0.505 e. The molecule has 2 rings (SSSR count). The molecule has 0 aromatic carbocycles. The van der Waals surface area contributed by atoms with Gasteiger partial charge in [0.25, 0.3) is 5.91 Å². The maximum atomic E-state index is 11.8. The molecule has 0 aliphatic heterocycles. The van der Waals surface area contributed by atoms with E-state index in [-0.39, 0.29) is 11.3 Å². The van der Waals surface area contributed by atoms with Crippen LogP contribution in [0.4, 0.5) is 5.82 Å². The lowest BCUT2D eigenvalue weighted by Crippen LogP contribution is -2.13. The van der Waals surface area contributed by atoms with E-state index in [1.165, 1.54) is 36.8 Å². The van der Waals surface area contributed by atoms with E-state index in [0.29, 0.717) is 11.4 Å². The number of carbonyl (C=O) groups is 1. The molecule has 0 bridgehead atoms. The number of rotatable bonds is 2. The van der Waals surface area contributed by atoms with E-state index in [1.54, 1.807) is 0 Å². The van der Waals surface area contributed by atoms with Crippen molar-refractivity contribution in [2.45, 2.75) is 0 Å². The van der Waals surface area contributed by atoms with Crippen molar-refractivity contribution in [2.24, 2.45) is 0 Å². The Morgan fingerprint density at radius 3 is 2.78 bits per heavy atom. The van der Waals surface area contributed by atoms with Gasteiger partial charge in [0.15, 0.2) is 0 Å². The number of nitrogens with one attached hydrogen (secondary N) is 1. The van der Waals surface area contributed by atoms with Crippen LogP contribution >= 0.6 is 0 Å². The molecule has 0 radical (unpaired) electrons. The molecule has 2 aromatic heterocycles. The van der Waals surface area contributed by atoms with Crippen molar-refractivity contribution in [3.8, 4) is 11.8 Å². The number of hydrogen-bond acceptors (Lipinski definition) is 5. The molecule has 0 unspecified atom stereocenters. The lowest BCUT2D eigenvalue weighted by atomic mass is 10.2. The number of hydrogen-bond donors (Lipinski definition) is 2. The van der Waals surface area contributed by atoms with E-state index < -0.39 is 5.91 Å². The molecule has 18 heavy (non-hydrogen) atoms. The summed E-state index contributed by atoms with van der Waals surface area (Å²) in [5.41, 5.74) is 0.510. The molecular weight excluding hydrogens is 232 g/mol. The molecule has 6 nitrogen and oxygen atoms in total. The first-order valence-corrected chi connectivity index (χ1v) is 5.01. The molecule has 88 valence electrons. The molecular formula is C12H8N4O2. The molecule has 0 aliphatic carbocycles. The van der Waals surface area contributed by atoms with Gasteiger partial charge in [-0.2, -0.15) is 5.26 Å². The standard InChI is InChI=1S/C12H8N4O2/c13-5-8-1-2-11(15-6-8)16-12(18)9-3-4-14-7-10(9)17/h1-4,6-7,17H,(H,15,16,18). The first kappa shape index (κ1) is 11.5. The molecule has 0 saturated heterocycles. The molecule has 0 spiro atoms. The molecule has 2 aromatic rings. The summed E-state index contributed by atoms with van der Waals surface area (Å²) in [5, 5.41) is 20.6. The predicted molar refractivity (Wildman–Crippen MR) is 62.8 cm³/mol. The molecule has 0 saturated carbocycles. The Labute approximate surface area is 103 Å². The number of aromatic hydroxyl groups is 1. The van der Waals surface area contributed by atoms with E-state index in [4.69, 9.17) is 5.26 Å². The second-order valence-electron chi connectivity index (χ2n) is 3.39. The van der Waals surface area contributed by atoms with Gasteiger partial charge in [-0.3, -0.25) is 9.78 Å². The molecule has 2 N–H and O–H groups in total. The summed E-state index contributed by atoms with van der Waals surface area (Å²) in [6.07, 6.45) is 3.93. The summed E-state index contributed by atoms with van der Waals surface area (Å²) in [6, 6.07) is 6.37. The van der Waals surface area contributed by atoms with Crippen molar-refractivity contribution < 1.29 is 9.90 Å². The van der Waals surface area contributed by atoms with Gasteiger partial charge in [-0.1, -0.05) is 0 Å². The lowest BCUT2D eigenvalue weighted by molar-refractivity contribution is 0.102. The highest BCUT2D eigenvalue weighted by Crippen LogP contribution is 2.15. The van der Waals surface area contributed by atoms with E-state index >= 15 is 0 Å². The highest BCUT2D eigenvalue weighted by molar-refractivity contribution is 6.05. The quantitative estimate of drug-likeness (QED) is 0.824. The molecule has 0 atom stereocenters. The minimum atomic E-state index is -0.493. The molecule has 0 fully saturated rings. The second kappa shape index (κ2) is 4.93. The molecule has 2 heterocycles. The number of anilines is 1. The highest BCUT2D eigenvalue weighted by Gasteiger charge is 2.11.